The molecule has 7 nitrogen and oxygen atoms in total. The lowest BCUT2D eigenvalue weighted by Gasteiger charge is -2.12. The maximum atomic E-state index is 13.1. The van der Waals surface area contributed by atoms with Crippen molar-refractivity contribution in [3.8, 4) is 0 Å². The Labute approximate surface area is 222 Å². The van der Waals surface area contributed by atoms with E-state index in [0.717, 1.165) is 47.7 Å². The molecular formula is C26H23Cl2N3O4S. The minimum Gasteiger partial charge on any atom is -0.376 e. The maximum Gasteiger partial charge on any atom is 0.293 e. The Morgan fingerprint density at radius 1 is 1.17 bits per heavy atom. The van der Waals surface area contributed by atoms with Crippen molar-refractivity contribution >= 4 is 69.0 Å². The van der Waals surface area contributed by atoms with E-state index in [9.17, 15) is 14.4 Å². The summed E-state index contributed by atoms with van der Waals surface area (Å²) in [6.45, 7) is 1.48. The largest absolute Gasteiger partial charge is 0.376 e. The molecule has 0 unspecified atom stereocenters. The van der Waals surface area contributed by atoms with Gasteiger partial charge in [-0.15, -0.1) is 0 Å². The summed E-state index contributed by atoms with van der Waals surface area (Å²) in [6, 6.07) is 12.7. The molecule has 0 bridgehead atoms. The molecule has 2 aromatic carbocycles. The Kier molecular flexibility index (Phi) is 7.39. The first-order valence-electron chi connectivity index (χ1n) is 11.5. The van der Waals surface area contributed by atoms with E-state index in [2.05, 4.69) is 5.32 Å². The summed E-state index contributed by atoms with van der Waals surface area (Å²) in [5.41, 5.74) is 2.34. The lowest BCUT2D eigenvalue weighted by molar-refractivity contribution is -0.123. The number of nitrogens with zero attached hydrogens (tertiary/aromatic N) is 2. The predicted molar refractivity (Wildman–Crippen MR) is 142 cm³/mol. The number of fused-ring (bicyclic) bond motifs is 1. The van der Waals surface area contributed by atoms with E-state index in [-0.39, 0.29) is 36.2 Å². The molecule has 2 saturated heterocycles. The van der Waals surface area contributed by atoms with Crippen molar-refractivity contribution in [1.29, 1.82) is 0 Å². The molecular weight excluding hydrogens is 521 g/mol. The van der Waals surface area contributed by atoms with Crippen LogP contribution in [0.2, 0.25) is 10.0 Å². The topological polar surface area (TPSA) is 80.6 Å². The fraction of sp³-hybridized carbons (Fsp3) is 0.269. The van der Waals surface area contributed by atoms with Gasteiger partial charge in [-0.25, -0.2) is 0 Å². The second kappa shape index (κ2) is 10.7. The predicted octanol–water partition coefficient (Wildman–Crippen LogP) is 5.48. The fourth-order valence-electron chi connectivity index (χ4n) is 4.36. The maximum absolute atomic E-state index is 13.1. The molecule has 10 heteroatoms. The van der Waals surface area contributed by atoms with Gasteiger partial charge in [0.1, 0.15) is 6.54 Å². The van der Waals surface area contributed by atoms with Crippen molar-refractivity contribution < 1.29 is 19.1 Å². The summed E-state index contributed by atoms with van der Waals surface area (Å²) in [5.74, 6) is -0.484. The van der Waals surface area contributed by atoms with Crippen LogP contribution < -0.4 is 5.32 Å². The van der Waals surface area contributed by atoms with Crippen LogP contribution in [0.1, 0.15) is 24.0 Å². The average molecular weight is 544 g/mol. The van der Waals surface area contributed by atoms with Gasteiger partial charge < -0.3 is 14.6 Å². The number of hydrogen-bond acceptors (Lipinski definition) is 5. The number of para-hydroxylation sites is 1. The molecule has 36 heavy (non-hydrogen) atoms. The van der Waals surface area contributed by atoms with Gasteiger partial charge in [0.25, 0.3) is 11.1 Å². The number of ether oxygens (including phenoxy) is 1. The van der Waals surface area contributed by atoms with E-state index in [1.807, 2.05) is 35.0 Å². The highest BCUT2D eigenvalue weighted by atomic mass is 35.5. The number of nitrogens with one attached hydrogen (secondary N) is 1. The molecule has 0 spiro atoms. The van der Waals surface area contributed by atoms with Gasteiger partial charge in [0.2, 0.25) is 5.91 Å². The summed E-state index contributed by atoms with van der Waals surface area (Å²) < 4.78 is 7.42. The van der Waals surface area contributed by atoms with E-state index in [0.29, 0.717) is 27.1 Å². The van der Waals surface area contributed by atoms with Gasteiger partial charge in [-0.3, -0.25) is 19.3 Å². The molecule has 3 aromatic rings. The van der Waals surface area contributed by atoms with Gasteiger partial charge in [0.05, 0.1) is 27.6 Å². The van der Waals surface area contributed by atoms with E-state index < -0.39 is 0 Å². The number of amides is 3. The summed E-state index contributed by atoms with van der Waals surface area (Å²) >= 11 is 12.9. The van der Waals surface area contributed by atoms with Crippen molar-refractivity contribution in [2.45, 2.75) is 32.0 Å². The molecule has 2 aliphatic rings. The minimum absolute atomic E-state index is 0.0745. The molecule has 2 fully saturated rings. The summed E-state index contributed by atoms with van der Waals surface area (Å²) in [7, 11) is 0. The SMILES string of the molecule is O=C(Cn1cc(/C=C2\SC(=O)N(Cc3ccc(Cl)c(Cl)c3)C2=O)c2ccccc21)NC[C@@H]1CCCO1. The molecule has 1 atom stereocenters. The molecule has 2 aliphatic heterocycles. The van der Waals surface area contributed by atoms with Crippen molar-refractivity contribution in [3.05, 3.63) is 74.7 Å². The molecule has 1 N–H and O–H groups in total. The van der Waals surface area contributed by atoms with Gasteiger partial charge in [0, 0.05) is 35.8 Å². The standard InChI is InChI=1S/C26H23Cl2N3O4S/c27-20-8-7-16(10-21(20)28)13-31-25(33)23(36-26(31)34)11-17-14-30(22-6-2-1-5-19(17)22)15-24(32)29-12-18-4-3-9-35-18/h1-2,5-8,10-11,14,18H,3-4,9,12-13,15H2,(H,29,32)/b23-11-/t18-/m0/s1. The first-order valence-corrected chi connectivity index (χ1v) is 13.1. The second-order valence-electron chi connectivity index (χ2n) is 8.68. The average Bonchev–Trinajstić information content (AvgIpc) is 3.57. The van der Waals surface area contributed by atoms with Crippen LogP contribution in [0.15, 0.2) is 53.6 Å². The summed E-state index contributed by atoms with van der Waals surface area (Å²) in [5, 5.41) is 4.25. The van der Waals surface area contributed by atoms with Crippen LogP contribution in [0.3, 0.4) is 0 Å². The van der Waals surface area contributed by atoms with Crippen LogP contribution in [0, 0.1) is 0 Å². The number of aromatic nitrogens is 1. The molecule has 0 aliphatic carbocycles. The van der Waals surface area contributed by atoms with E-state index in [4.69, 9.17) is 27.9 Å². The second-order valence-corrected chi connectivity index (χ2v) is 10.5. The number of carbonyl (C=O) groups is 3. The monoisotopic (exact) mass is 543 g/mol. The van der Waals surface area contributed by atoms with Gasteiger partial charge in [-0.2, -0.15) is 0 Å². The Bertz CT molecular complexity index is 1380. The minimum atomic E-state index is -0.373. The number of imide groups is 1. The highest BCUT2D eigenvalue weighted by Gasteiger charge is 2.35. The quantitative estimate of drug-likeness (QED) is 0.399. The van der Waals surface area contributed by atoms with Gasteiger partial charge in [-0.05, 0) is 54.4 Å². The van der Waals surface area contributed by atoms with Crippen LogP contribution in [0.4, 0.5) is 4.79 Å². The molecule has 1 aromatic heterocycles. The lowest BCUT2D eigenvalue weighted by atomic mass is 10.1. The van der Waals surface area contributed by atoms with Crippen molar-refractivity contribution in [1.82, 2.24) is 14.8 Å². The fourth-order valence-corrected chi connectivity index (χ4v) is 5.51. The molecule has 3 heterocycles. The molecule has 0 saturated carbocycles. The highest BCUT2D eigenvalue weighted by molar-refractivity contribution is 8.18. The molecule has 186 valence electrons. The van der Waals surface area contributed by atoms with Crippen molar-refractivity contribution in [3.63, 3.8) is 0 Å². The zero-order chi connectivity index (χ0) is 25.2. The summed E-state index contributed by atoms with van der Waals surface area (Å²) in [6.07, 6.45) is 5.60. The molecule has 5 rings (SSSR count). The normalized spacial score (nSPS) is 19.1. The lowest BCUT2D eigenvalue weighted by Crippen LogP contribution is -2.34. The van der Waals surface area contributed by atoms with E-state index >= 15 is 0 Å². The first kappa shape index (κ1) is 24.9. The Morgan fingerprint density at radius 3 is 2.78 bits per heavy atom. The number of carbonyl (C=O) groups excluding carboxylic acids is 3. The van der Waals surface area contributed by atoms with Gasteiger partial charge >= 0.3 is 0 Å². The highest BCUT2D eigenvalue weighted by Crippen LogP contribution is 2.35. The number of halogens is 2. The Balaban J connectivity index is 1.34. The smallest absolute Gasteiger partial charge is 0.293 e. The third-order valence-electron chi connectivity index (χ3n) is 6.17. The zero-order valence-corrected chi connectivity index (χ0v) is 21.5. The zero-order valence-electron chi connectivity index (χ0n) is 19.2. The number of rotatable bonds is 7. The number of benzene rings is 2. The Morgan fingerprint density at radius 2 is 2.00 bits per heavy atom. The molecule has 0 radical (unpaired) electrons. The van der Waals surface area contributed by atoms with Gasteiger partial charge in [0.15, 0.2) is 0 Å². The van der Waals surface area contributed by atoms with Crippen molar-refractivity contribution in [2.75, 3.05) is 13.2 Å². The van der Waals surface area contributed by atoms with Crippen LogP contribution in [0.25, 0.3) is 17.0 Å². The number of thioether (sulfide) groups is 1. The summed E-state index contributed by atoms with van der Waals surface area (Å²) in [4.78, 5) is 39.8. The first-order chi connectivity index (χ1) is 17.4. The van der Waals surface area contributed by atoms with Crippen LogP contribution in [-0.2, 0) is 27.4 Å². The van der Waals surface area contributed by atoms with Crippen LogP contribution in [0.5, 0.6) is 0 Å². The van der Waals surface area contributed by atoms with Gasteiger partial charge in [-0.1, -0.05) is 47.5 Å². The van der Waals surface area contributed by atoms with Crippen LogP contribution in [-0.4, -0.2) is 45.8 Å². The van der Waals surface area contributed by atoms with Crippen LogP contribution >= 0.6 is 35.0 Å². The number of hydrogen-bond donors (Lipinski definition) is 1. The van der Waals surface area contributed by atoms with E-state index in [1.54, 1.807) is 24.3 Å². The molecule has 3 amide bonds. The third-order valence-corrected chi connectivity index (χ3v) is 7.82. The van der Waals surface area contributed by atoms with E-state index in [1.165, 1.54) is 4.90 Å². The Hall–Kier alpha value is -2.78. The third kappa shape index (κ3) is 5.32. The van der Waals surface area contributed by atoms with Crippen molar-refractivity contribution in [2.24, 2.45) is 0 Å².